The first kappa shape index (κ1) is 14.8. The van der Waals surface area contributed by atoms with Crippen LogP contribution in [0.3, 0.4) is 0 Å². The maximum Gasteiger partial charge on any atom is 0.213 e. The van der Waals surface area contributed by atoms with Crippen molar-refractivity contribution >= 4 is 32.2 Å². The third-order valence-corrected chi connectivity index (χ3v) is 5.83. The highest BCUT2D eigenvalue weighted by atomic mass is 32.2. The van der Waals surface area contributed by atoms with Gasteiger partial charge in [-0.05, 0) is 30.2 Å². The first-order valence-electron chi connectivity index (χ1n) is 7.35. The molecular formula is C16H14N4O3S. The molecule has 0 fully saturated rings. The number of ether oxygens (including phenoxy) is 1. The largest absolute Gasteiger partial charge is 0.481 e. The van der Waals surface area contributed by atoms with E-state index in [1.54, 1.807) is 31.5 Å². The third-order valence-electron chi connectivity index (χ3n) is 4.03. The summed E-state index contributed by atoms with van der Waals surface area (Å²) in [5.74, 6) is 1.21. The Bertz CT molecular complexity index is 1030. The number of aromatic nitrogens is 3. The van der Waals surface area contributed by atoms with Gasteiger partial charge in [-0.3, -0.25) is 0 Å². The molecule has 1 N–H and O–H groups in total. The number of aryl methyl sites for hydroxylation is 1. The minimum absolute atomic E-state index is 0.125. The molecule has 0 bridgehead atoms. The quantitative estimate of drug-likeness (QED) is 0.779. The molecule has 0 saturated carbocycles. The van der Waals surface area contributed by atoms with Gasteiger partial charge in [-0.2, -0.15) is 0 Å². The van der Waals surface area contributed by atoms with E-state index in [1.807, 2.05) is 6.07 Å². The fourth-order valence-corrected chi connectivity index (χ4v) is 4.44. The molecule has 1 aliphatic rings. The number of anilines is 2. The summed E-state index contributed by atoms with van der Waals surface area (Å²) in [6.45, 7) is 0. The fourth-order valence-electron chi connectivity index (χ4n) is 2.89. The topological polar surface area (TPSA) is 94.1 Å². The molecule has 4 rings (SSSR count). The van der Waals surface area contributed by atoms with Gasteiger partial charge in [0.05, 0.1) is 35.2 Å². The van der Waals surface area contributed by atoms with Crippen LogP contribution in [0.5, 0.6) is 5.88 Å². The summed E-state index contributed by atoms with van der Waals surface area (Å²) in [6, 6.07) is 6.90. The Kier molecular flexibility index (Phi) is 3.34. The highest BCUT2D eigenvalue weighted by molar-refractivity contribution is 7.91. The van der Waals surface area contributed by atoms with Crippen molar-refractivity contribution < 1.29 is 13.2 Å². The average molecular weight is 342 g/mol. The Labute approximate surface area is 138 Å². The molecule has 8 heteroatoms. The number of nitrogens with zero attached hydrogens (tertiary/aromatic N) is 3. The minimum Gasteiger partial charge on any atom is -0.481 e. The standard InChI is InChI=1S/C16H14N4O3S/c1-23-14-5-2-10(8-17-14)20-16-15-11-6-7-24(21,22)13(11)4-3-12(15)18-9-19-16/h2-5,8-9H,6-7H2,1H3,(H,18,19,20). The summed E-state index contributed by atoms with van der Waals surface area (Å²) in [5.41, 5.74) is 2.22. The molecule has 122 valence electrons. The maximum absolute atomic E-state index is 12.2. The number of sulfone groups is 1. The molecule has 0 unspecified atom stereocenters. The van der Waals surface area contributed by atoms with Crippen LogP contribution in [0.15, 0.2) is 41.7 Å². The van der Waals surface area contributed by atoms with Crippen molar-refractivity contribution in [3.05, 3.63) is 42.4 Å². The van der Waals surface area contributed by atoms with Gasteiger partial charge in [0.25, 0.3) is 0 Å². The van der Waals surface area contributed by atoms with Crippen LogP contribution in [0.1, 0.15) is 5.56 Å². The van der Waals surface area contributed by atoms with Crippen LogP contribution in [0, 0.1) is 0 Å². The lowest BCUT2D eigenvalue weighted by atomic mass is 10.1. The van der Waals surface area contributed by atoms with E-state index in [4.69, 9.17) is 4.74 Å². The second-order valence-electron chi connectivity index (χ2n) is 5.44. The van der Waals surface area contributed by atoms with Crippen molar-refractivity contribution in [2.45, 2.75) is 11.3 Å². The van der Waals surface area contributed by atoms with Gasteiger partial charge in [0.15, 0.2) is 9.84 Å². The second kappa shape index (κ2) is 5.41. The average Bonchev–Trinajstić information content (AvgIpc) is 2.91. The number of pyridine rings is 1. The number of hydrogen-bond donors (Lipinski definition) is 1. The Morgan fingerprint density at radius 3 is 2.75 bits per heavy atom. The lowest BCUT2D eigenvalue weighted by Gasteiger charge is -2.11. The van der Waals surface area contributed by atoms with Crippen molar-refractivity contribution in [3.63, 3.8) is 0 Å². The number of methoxy groups -OCH3 is 1. The molecule has 3 heterocycles. The molecule has 0 spiro atoms. The van der Waals surface area contributed by atoms with E-state index >= 15 is 0 Å². The van der Waals surface area contributed by atoms with Crippen LogP contribution in [-0.2, 0) is 16.3 Å². The zero-order valence-electron chi connectivity index (χ0n) is 12.9. The second-order valence-corrected chi connectivity index (χ2v) is 7.52. The summed E-state index contributed by atoms with van der Waals surface area (Å²) in [7, 11) is -1.66. The summed E-state index contributed by atoms with van der Waals surface area (Å²) in [4.78, 5) is 13.1. The predicted octanol–water partition coefficient (Wildman–Crippen LogP) is 2.11. The third kappa shape index (κ3) is 2.35. The van der Waals surface area contributed by atoms with E-state index in [1.165, 1.54) is 6.33 Å². The maximum atomic E-state index is 12.2. The molecular weight excluding hydrogens is 328 g/mol. The summed E-state index contributed by atoms with van der Waals surface area (Å²) >= 11 is 0. The molecule has 1 aliphatic heterocycles. The lowest BCUT2D eigenvalue weighted by molar-refractivity contribution is 0.398. The molecule has 2 aromatic heterocycles. The van der Waals surface area contributed by atoms with E-state index in [9.17, 15) is 8.42 Å². The summed E-state index contributed by atoms with van der Waals surface area (Å²) in [6.07, 6.45) is 3.56. The Hall–Kier alpha value is -2.74. The number of rotatable bonds is 3. The van der Waals surface area contributed by atoms with E-state index in [-0.39, 0.29) is 5.75 Å². The number of hydrogen-bond acceptors (Lipinski definition) is 7. The highest BCUT2D eigenvalue weighted by Gasteiger charge is 2.29. The van der Waals surface area contributed by atoms with Crippen LogP contribution in [-0.4, -0.2) is 36.2 Å². The number of nitrogens with one attached hydrogen (secondary N) is 1. The van der Waals surface area contributed by atoms with Crippen molar-refractivity contribution in [1.29, 1.82) is 0 Å². The van der Waals surface area contributed by atoms with E-state index in [0.717, 1.165) is 16.6 Å². The smallest absolute Gasteiger partial charge is 0.213 e. The van der Waals surface area contributed by atoms with Gasteiger partial charge in [-0.25, -0.2) is 23.4 Å². The van der Waals surface area contributed by atoms with Gasteiger partial charge in [0.1, 0.15) is 12.1 Å². The molecule has 3 aromatic rings. The van der Waals surface area contributed by atoms with Crippen LogP contribution in [0.4, 0.5) is 11.5 Å². The molecule has 0 saturated heterocycles. The zero-order chi connectivity index (χ0) is 16.7. The summed E-state index contributed by atoms with van der Waals surface area (Å²) in [5, 5.41) is 3.93. The first-order valence-corrected chi connectivity index (χ1v) is 9.00. The van der Waals surface area contributed by atoms with E-state index < -0.39 is 9.84 Å². The van der Waals surface area contributed by atoms with Gasteiger partial charge in [-0.1, -0.05) is 0 Å². The predicted molar refractivity (Wildman–Crippen MR) is 89.4 cm³/mol. The molecule has 0 radical (unpaired) electrons. The normalized spacial score (nSPS) is 15.2. The monoisotopic (exact) mass is 342 g/mol. The fraction of sp³-hybridized carbons (Fsp3) is 0.188. The van der Waals surface area contributed by atoms with Crippen LogP contribution in [0.25, 0.3) is 10.9 Å². The van der Waals surface area contributed by atoms with Crippen molar-refractivity contribution in [1.82, 2.24) is 15.0 Å². The van der Waals surface area contributed by atoms with E-state index in [2.05, 4.69) is 20.3 Å². The molecule has 0 atom stereocenters. The van der Waals surface area contributed by atoms with Gasteiger partial charge in [-0.15, -0.1) is 0 Å². The summed E-state index contributed by atoms with van der Waals surface area (Å²) < 4.78 is 29.3. The van der Waals surface area contributed by atoms with Crippen LogP contribution in [0.2, 0.25) is 0 Å². The van der Waals surface area contributed by atoms with Crippen LogP contribution < -0.4 is 10.1 Å². The van der Waals surface area contributed by atoms with Crippen LogP contribution >= 0.6 is 0 Å². The SMILES string of the molecule is COc1ccc(Nc2ncnc3ccc4c(c23)CCS4(=O)=O)cn1. The van der Waals surface area contributed by atoms with Gasteiger partial charge in [0, 0.05) is 11.5 Å². The Balaban J connectivity index is 1.85. The molecule has 7 nitrogen and oxygen atoms in total. The Morgan fingerprint density at radius 1 is 1.12 bits per heavy atom. The minimum atomic E-state index is -3.21. The first-order chi connectivity index (χ1) is 11.6. The highest BCUT2D eigenvalue weighted by Crippen LogP contribution is 2.35. The van der Waals surface area contributed by atoms with Crippen molar-refractivity contribution in [3.8, 4) is 5.88 Å². The number of fused-ring (bicyclic) bond motifs is 3. The molecule has 0 amide bonds. The van der Waals surface area contributed by atoms with Gasteiger partial charge < -0.3 is 10.1 Å². The van der Waals surface area contributed by atoms with Crippen molar-refractivity contribution in [2.75, 3.05) is 18.2 Å². The molecule has 0 aliphatic carbocycles. The zero-order valence-corrected chi connectivity index (χ0v) is 13.7. The van der Waals surface area contributed by atoms with E-state index in [0.29, 0.717) is 28.5 Å². The van der Waals surface area contributed by atoms with Gasteiger partial charge >= 0.3 is 0 Å². The molecule has 1 aromatic carbocycles. The Morgan fingerprint density at radius 2 is 2.00 bits per heavy atom. The number of benzene rings is 1. The lowest BCUT2D eigenvalue weighted by Crippen LogP contribution is -2.00. The van der Waals surface area contributed by atoms with Gasteiger partial charge in [0.2, 0.25) is 5.88 Å². The van der Waals surface area contributed by atoms with Crippen molar-refractivity contribution in [2.24, 2.45) is 0 Å². The molecule has 24 heavy (non-hydrogen) atoms.